The first-order valence-electron chi connectivity index (χ1n) is 11.0. The Hall–Kier alpha value is -3.68. The zero-order chi connectivity index (χ0) is 23.6. The van der Waals surface area contributed by atoms with Crippen molar-refractivity contribution in [2.75, 3.05) is 31.1 Å². The van der Waals surface area contributed by atoms with Gasteiger partial charge in [-0.05, 0) is 56.7 Å². The van der Waals surface area contributed by atoms with Crippen LogP contribution in [0.25, 0.3) is 10.9 Å². The fourth-order valence-corrected chi connectivity index (χ4v) is 3.84. The maximum absolute atomic E-state index is 12.3. The van der Waals surface area contributed by atoms with Crippen LogP contribution < -0.4 is 4.90 Å². The molecule has 8 nitrogen and oxygen atoms in total. The van der Waals surface area contributed by atoms with Crippen molar-refractivity contribution in [3.63, 3.8) is 0 Å². The molecule has 8 heteroatoms. The lowest BCUT2D eigenvalue weighted by molar-refractivity contribution is 0.0240. The van der Waals surface area contributed by atoms with Crippen LogP contribution in [0, 0.1) is 0 Å². The van der Waals surface area contributed by atoms with Gasteiger partial charge in [-0.2, -0.15) is 0 Å². The molecule has 1 N–H and O–H groups in total. The summed E-state index contributed by atoms with van der Waals surface area (Å²) in [6.07, 6.45) is 3.65. The van der Waals surface area contributed by atoms with Crippen LogP contribution in [0.4, 0.5) is 10.5 Å². The first-order valence-corrected chi connectivity index (χ1v) is 11.0. The lowest BCUT2D eigenvalue weighted by atomic mass is 10.0. The minimum absolute atomic E-state index is 0.232. The third-order valence-corrected chi connectivity index (χ3v) is 5.48. The van der Waals surface area contributed by atoms with Gasteiger partial charge in [0.15, 0.2) is 0 Å². The van der Waals surface area contributed by atoms with Crippen LogP contribution in [0.2, 0.25) is 0 Å². The maximum Gasteiger partial charge on any atom is 0.410 e. The van der Waals surface area contributed by atoms with E-state index in [4.69, 9.17) is 4.74 Å². The first kappa shape index (κ1) is 22.5. The van der Waals surface area contributed by atoms with E-state index < -0.39 is 11.6 Å². The molecule has 1 aromatic carbocycles. The Morgan fingerprint density at radius 1 is 1.03 bits per heavy atom. The molecule has 4 rings (SSSR count). The van der Waals surface area contributed by atoms with Crippen LogP contribution in [0.5, 0.6) is 0 Å². The minimum atomic E-state index is -0.960. The molecule has 172 valence electrons. The molecule has 0 radical (unpaired) electrons. The van der Waals surface area contributed by atoms with Gasteiger partial charge in [-0.25, -0.2) is 9.59 Å². The average Bonchev–Trinajstić information content (AvgIpc) is 2.78. The van der Waals surface area contributed by atoms with Gasteiger partial charge < -0.3 is 19.6 Å². The van der Waals surface area contributed by atoms with Crippen LogP contribution in [-0.4, -0.2) is 63.8 Å². The van der Waals surface area contributed by atoms with E-state index in [1.54, 1.807) is 11.0 Å². The second-order valence-corrected chi connectivity index (χ2v) is 9.19. The number of carbonyl (C=O) groups excluding carboxylic acids is 1. The number of pyridine rings is 2. The smallest absolute Gasteiger partial charge is 0.410 e. The van der Waals surface area contributed by atoms with Crippen molar-refractivity contribution in [2.45, 2.75) is 32.8 Å². The number of anilines is 1. The number of aromatic nitrogens is 2. The third-order valence-electron chi connectivity index (χ3n) is 5.48. The van der Waals surface area contributed by atoms with E-state index in [2.05, 4.69) is 27.0 Å². The Labute approximate surface area is 192 Å². The summed E-state index contributed by atoms with van der Waals surface area (Å²) < 4.78 is 5.48. The van der Waals surface area contributed by atoms with Gasteiger partial charge in [0.1, 0.15) is 5.60 Å². The predicted molar refractivity (Wildman–Crippen MR) is 126 cm³/mol. The van der Waals surface area contributed by atoms with Gasteiger partial charge in [-0.1, -0.05) is 6.07 Å². The van der Waals surface area contributed by atoms with Gasteiger partial charge in [0, 0.05) is 49.9 Å². The Balaban J connectivity index is 1.46. The van der Waals surface area contributed by atoms with Crippen molar-refractivity contribution in [1.29, 1.82) is 0 Å². The highest BCUT2D eigenvalue weighted by Gasteiger charge is 2.26. The lowest BCUT2D eigenvalue weighted by Gasteiger charge is -2.36. The number of carboxylic acids is 1. The number of piperazine rings is 1. The second-order valence-electron chi connectivity index (χ2n) is 9.19. The minimum Gasteiger partial charge on any atom is -0.478 e. The highest BCUT2D eigenvalue weighted by atomic mass is 16.6. The normalized spacial score (nSPS) is 14.4. The van der Waals surface area contributed by atoms with Gasteiger partial charge >= 0.3 is 12.1 Å². The number of rotatable bonds is 4. The summed E-state index contributed by atoms with van der Waals surface area (Å²) in [5, 5.41) is 10.2. The van der Waals surface area contributed by atoms with E-state index >= 15 is 0 Å². The number of nitrogens with zero attached hydrogens (tertiary/aromatic N) is 4. The first-order chi connectivity index (χ1) is 15.7. The quantitative estimate of drug-likeness (QED) is 0.645. The van der Waals surface area contributed by atoms with Gasteiger partial charge in [-0.3, -0.25) is 9.97 Å². The summed E-state index contributed by atoms with van der Waals surface area (Å²) >= 11 is 0. The topological polar surface area (TPSA) is 95.9 Å². The number of ether oxygens (including phenoxy) is 1. The molecule has 0 aliphatic carbocycles. The van der Waals surface area contributed by atoms with Crippen LogP contribution in [0.3, 0.4) is 0 Å². The monoisotopic (exact) mass is 448 g/mol. The number of amides is 1. The van der Waals surface area contributed by atoms with Crippen molar-refractivity contribution < 1.29 is 19.4 Å². The number of hydrogen-bond acceptors (Lipinski definition) is 6. The van der Waals surface area contributed by atoms with Crippen LogP contribution in [-0.2, 0) is 11.2 Å². The number of carbonyl (C=O) groups is 2. The molecule has 33 heavy (non-hydrogen) atoms. The molecular formula is C25H28N4O4. The second kappa shape index (κ2) is 9.05. The number of carboxylic acid groups (broad SMARTS) is 1. The molecule has 1 aliphatic heterocycles. The summed E-state index contributed by atoms with van der Waals surface area (Å²) in [6.45, 7) is 8.21. The van der Waals surface area contributed by atoms with Crippen LogP contribution >= 0.6 is 0 Å². The predicted octanol–water partition coefficient (Wildman–Crippen LogP) is 3.98. The third kappa shape index (κ3) is 5.58. The van der Waals surface area contributed by atoms with Gasteiger partial charge in [0.2, 0.25) is 0 Å². The van der Waals surface area contributed by atoms with E-state index in [1.165, 1.54) is 12.3 Å². The van der Waals surface area contributed by atoms with Gasteiger partial charge in [0.05, 0.1) is 23.0 Å². The molecule has 2 aromatic heterocycles. The van der Waals surface area contributed by atoms with Crippen molar-refractivity contribution >= 4 is 28.7 Å². The summed E-state index contributed by atoms with van der Waals surface area (Å²) in [7, 11) is 0. The lowest BCUT2D eigenvalue weighted by Crippen LogP contribution is -2.50. The Morgan fingerprint density at radius 3 is 2.48 bits per heavy atom. The van der Waals surface area contributed by atoms with E-state index in [0.717, 1.165) is 22.2 Å². The van der Waals surface area contributed by atoms with E-state index in [1.807, 2.05) is 39.1 Å². The van der Waals surface area contributed by atoms with E-state index in [0.29, 0.717) is 38.3 Å². The number of fused-ring (bicyclic) bond motifs is 1. The molecule has 0 bridgehead atoms. The van der Waals surface area contributed by atoms with Crippen molar-refractivity contribution in [1.82, 2.24) is 14.9 Å². The SMILES string of the molecule is CC(C)(C)OC(=O)N1CCN(c2cnc3ccc(Cc4cc(C(=O)O)ccn4)cc3c2)CC1. The molecule has 1 aliphatic rings. The number of aromatic carboxylic acids is 1. The van der Waals surface area contributed by atoms with E-state index in [-0.39, 0.29) is 11.7 Å². The molecule has 0 unspecified atom stereocenters. The highest BCUT2D eigenvalue weighted by molar-refractivity contribution is 5.87. The van der Waals surface area contributed by atoms with E-state index in [9.17, 15) is 14.7 Å². The fraction of sp³-hybridized carbons (Fsp3) is 0.360. The Morgan fingerprint density at radius 2 is 1.79 bits per heavy atom. The Kier molecular flexibility index (Phi) is 6.18. The number of hydrogen-bond donors (Lipinski definition) is 1. The average molecular weight is 449 g/mol. The molecule has 0 spiro atoms. The summed E-state index contributed by atoms with van der Waals surface area (Å²) in [5.41, 5.74) is 3.37. The summed E-state index contributed by atoms with van der Waals surface area (Å²) in [4.78, 5) is 36.4. The van der Waals surface area contributed by atoms with Crippen molar-refractivity contribution in [3.05, 3.63) is 65.6 Å². The largest absolute Gasteiger partial charge is 0.478 e. The van der Waals surface area contributed by atoms with Crippen molar-refractivity contribution in [3.8, 4) is 0 Å². The standard InChI is InChI=1S/C25H28N4O4/c1-25(2,3)33-24(32)29-10-8-28(9-11-29)21-15-19-12-17(4-5-22(19)27-16-21)13-20-14-18(23(30)31)6-7-26-20/h4-7,12,14-16H,8-11,13H2,1-3H3,(H,30,31). The molecule has 3 heterocycles. The molecule has 3 aromatic rings. The molecule has 1 amide bonds. The van der Waals surface area contributed by atoms with Gasteiger partial charge in [0.25, 0.3) is 0 Å². The summed E-state index contributed by atoms with van der Waals surface area (Å²) in [6, 6.07) is 11.2. The highest BCUT2D eigenvalue weighted by Crippen LogP contribution is 2.24. The summed E-state index contributed by atoms with van der Waals surface area (Å²) in [5.74, 6) is -0.960. The molecule has 0 saturated carbocycles. The van der Waals surface area contributed by atoms with Gasteiger partial charge in [-0.15, -0.1) is 0 Å². The molecular weight excluding hydrogens is 420 g/mol. The zero-order valence-electron chi connectivity index (χ0n) is 19.1. The fourth-order valence-electron chi connectivity index (χ4n) is 3.84. The van der Waals surface area contributed by atoms with Crippen molar-refractivity contribution in [2.24, 2.45) is 0 Å². The molecule has 1 saturated heterocycles. The van der Waals surface area contributed by atoms with Crippen LogP contribution in [0.1, 0.15) is 42.4 Å². The van der Waals surface area contributed by atoms with Crippen LogP contribution in [0.15, 0.2) is 48.8 Å². The Bertz CT molecular complexity index is 1180. The maximum atomic E-state index is 12.3. The zero-order valence-corrected chi connectivity index (χ0v) is 19.1. The molecule has 1 fully saturated rings. The molecule has 0 atom stereocenters. The number of benzene rings is 1.